The van der Waals surface area contributed by atoms with E-state index >= 15 is 0 Å². The molecule has 2 aliphatic rings. The SMILES string of the molecule is O=C(c1ccn2nccc2c1)N1C[C@@H](c2ccccc2)O[C@@H](C2CC2)C1. The van der Waals surface area contributed by atoms with Crippen LogP contribution >= 0.6 is 0 Å². The van der Waals surface area contributed by atoms with Crippen LogP contribution in [0.25, 0.3) is 5.52 Å². The molecule has 0 unspecified atom stereocenters. The minimum Gasteiger partial charge on any atom is -0.366 e. The Bertz CT molecular complexity index is 933. The van der Waals surface area contributed by atoms with Gasteiger partial charge in [0.2, 0.25) is 0 Å². The third kappa shape index (κ3) is 2.88. The Morgan fingerprint density at radius 1 is 1.08 bits per heavy atom. The van der Waals surface area contributed by atoms with Crippen molar-refractivity contribution in [3.63, 3.8) is 0 Å². The molecule has 2 atom stereocenters. The fourth-order valence-electron chi connectivity index (χ4n) is 3.77. The Hall–Kier alpha value is -2.66. The molecule has 5 rings (SSSR count). The van der Waals surface area contributed by atoms with Crippen LogP contribution in [-0.4, -0.2) is 39.6 Å². The van der Waals surface area contributed by atoms with Crippen molar-refractivity contribution in [3.8, 4) is 0 Å². The summed E-state index contributed by atoms with van der Waals surface area (Å²) in [5.74, 6) is 0.665. The number of amides is 1. The summed E-state index contributed by atoms with van der Waals surface area (Å²) < 4.78 is 8.14. The molecule has 1 saturated heterocycles. The smallest absolute Gasteiger partial charge is 0.254 e. The van der Waals surface area contributed by atoms with E-state index in [1.165, 1.54) is 12.8 Å². The maximum atomic E-state index is 13.2. The zero-order valence-electron chi connectivity index (χ0n) is 14.5. The van der Waals surface area contributed by atoms with Gasteiger partial charge in [0.1, 0.15) is 6.10 Å². The number of aromatic nitrogens is 2. The molecule has 132 valence electrons. The van der Waals surface area contributed by atoms with E-state index in [0.29, 0.717) is 24.6 Å². The molecular formula is C21H21N3O2. The van der Waals surface area contributed by atoms with Crippen LogP contribution < -0.4 is 0 Å². The second-order valence-corrected chi connectivity index (χ2v) is 7.24. The molecule has 0 N–H and O–H groups in total. The molecule has 3 heterocycles. The number of nitrogens with zero attached hydrogens (tertiary/aromatic N) is 3. The van der Waals surface area contributed by atoms with E-state index in [2.05, 4.69) is 17.2 Å². The minimum atomic E-state index is -0.0572. The van der Waals surface area contributed by atoms with Crippen LogP contribution in [0.5, 0.6) is 0 Å². The average Bonchev–Trinajstić information content (AvgIpc) is 3.45. The monoisotopic (exact) mass is 347 g/mol. The maximum absolute atomic E-state index is 13.2. The number of morpholine rings is 1. The highest BCUT2D eigenvalue weighted by molar-refractivity contribution is 5.95. The second kappa shape index (κ2) is 6.25. The molecule has 5 nitrogen and oxygen atoms in total. The molecule has 3 aromatic rings. The number of rotatable bonds is 3. The lowest BCUT2D eigenvalue weighted by atomic mass is 10.0. The van der Waals surface area contributed by atoms with Crippen molar-refractivity contribution in [2.75, 3.05) is 13.1 Å². The highest BCUT2D eigenvalue weighted by Gasteiger charge is 2.40. The van der Waals surface area contributed by atoms with Gasteiger partial charge in [0.15, 0.2) is 0 Å². The van der Waals surface area contributed by atoms with Crippen molar-refractivity contribution in [3.05, 3.63) is 72.1 Å². The number of fused-ring (bicyclic) bond motifs is 1. The summed E-state index contributed by atoms with van der Waals surface area (Å²) in [4.78, 5) is 15.1. The first-order valence-electron chi connectivity index (χ1n) is 9.21. The lowest BCUT2D eigenvalue weighted by Gasteiger charge is -2.38. The van der Waals surface area contributed by atoms with Crippen molar-refractivity contribution in [1.82, 2.24) is 14.5 Å². The lowest BCUT2D eigenvalue weighted by Crippen LogP contribution is -2.47. The molecule has 0 bridgehead atoms. The number of carbonyl (C=O) groups is 1. The van der Waals surface area contributed by atoms with Gasteiger partial charge in [-0.2, -0.15) is 5.10 Å². The van der Waals surface area contributed by atoms with Gasteiger partial charge in [-0.05, 0) is 42.5 Å². The quantitative estimate of drug-likeness (QED) is 0.730. The summed E-state index contributed by atoms with van der Waals surface area (Å²) in [7, 11) is 0. The van der Waals surface area contributed by atoms with E-state index in [1.807, 2.05) is 47.5 Å². The van der Waals surface area contributed by atoms with Gasteiger partial charge in [-0.15, -0.1) is 0 Å². The predicted octanol–water partition coefficient (Wildman–Crippen LogP) is 3.33. The molecular weight excluding hydrogens is 326 g/mol. The Balaban J connectivity index is 1.43. The van der Waals surface area contributed by atoms with Gasteiger partial charge >= 0.3 is 0 Å². The van der Waals surface area contributed by atoms with Gasteiger partial charge in [-0.1, -0.05) is 30.3 Å². The van der Waals surface area contributed by atoms with Crippen LogP contribution in [0.15, 0.2) is 60.9 Å². The van der Waals surface area contributed by atoms with Gasteiger partial charge in [0, 0.05) is 24.5 Å². The van der Waals surface area contributed by atoms with E-state index in [1.54, 1.807) is 10.7 Å². The topological polar surface area (TPSA) is 46.8 Å². The maximum Gasteiger partial charge on any atom is 0.254 e. The Morgan fingerprint density at radius 3 is 2.73 bits per heavy atom. The largest absolute Gasteiger partial charge is 0.366 e. The summed E-state index contributed by atoms with van der Waals surface area (Å²) in [5, 5.41) is 4.20. The van der Waals surface area contributed by atoms with Gasteiger partial charge < -0.3 is 9.64 Å². The highest BCUT2D eigenvalue weighted by Crippen LogP contribution is 2.39. The normalized spacial score (nSPS) is 23.3. The van der Waals surface area contributed by atoms with Crippen molar-refractivity contribution in [2.45, 2.75) is 25.0 Å². The standard InChI is InChI=1S/C21H21N3O2/c25-21(17-9-11-24-18(12-17)8-10-22-24)23-13-19(15-4-2-1-3-5-15)26-20(14-23)16-6-7-16/h1-5,8-12,16,19-20H,6-7,13-14H2/t19-,20+/m0/s1. The predicted molar refractivity (Wildman–Crippen MR) is 97.9 cm³/mol. The second-order valence-electron chi connectivity index (χ2n) is 7.24. The summed E-state index contributed by atoms with van der Waals surface area (Å²) in [6.45, 7) is 1.27. The minimum absolute atomic E-state index is 0.0572. The summed E-state index contributed by atoms with van der Waals surface area (Å²) in [6.07, 6.45) is 6.07. The highest BCUT2D eigenvalue weighted by atomic mass is 16.5. The van der Waals surface area contributed by atoms with Crippen molar-refractivity contribution < 1.29 is 9.53 Å². The third-order valence-electron chi connectivity index (χ3n) is 5.38. The Kier molecular flexibility index (Phi) is 3.75. The van der Waals surface area contributed by atoms with E-state index in [-0.39, 0.29) is 18.1 Å². The van der Waals surface area contributed by atoms with Crippen LogP contribution in [0, 0.1) is 5.92 Å². The van der Waals surface area contributed by atoms with Crippen LogP contribution in [0.1, 0.15) is 34.9 Å². The molecule has 1 amide bonds. The zero-order chi connectivity index (χ0) is 17.5. The van der Waals surface area contributed by atoms with Crippen LogP contribution in [0.2, 0.25) is 0 Å². The number of hydrogen-bond donors (Lipinski definition) is 0. The molecule has 2 fully saturated rings. The molecule has 1 aromatic carbocycles. The molecule has 1 aliphatic carbocycles. The Morgan fingerprint density at radius 2 is 1.92 bits per heavy atom. The zero-order valence-corrected chi connectivity index (χ0v) is 14.5. The lowest BCUT2D eigenvalue weighted by molar-refractivity contribution is -0.0864. The first-order valence-corrected chi connectivity index (χ1v) is 9.21. The van der Waals surface area contributed by atoms with Crippen LogP contribution in [0.3, 0.4) is 0 Å². The molecule has 5 heteroatoms. The fourth-order valence-corrected chi connectivity index (χ4v) is 3.77. The van der Waals surface area contributed by atoms with Crippen LogP contribution in [-0.2, 0) is 4.74 Å². The van der Waals surface area contributed by atoms with E-state index in [0.717, 1.165) is 11.1 Å². The van der Waals surface area contributed by atoms with Crippen LogP contribution in [0.4, 0.5) is 0 Å². The third-order valence-corrected chi connectivity index (χ3v) is 5.38. The van der Waals surface area contributed by atoms with E-state index in [4.69, 9.17) is 4.74 Å². The van der Waals surface area contributed by atoms with Gasteiger partial charge in [-0.3, -0.25) is 4.79 Å². The van der Waals surface area contributed by atoms with Gasteiger partial charge in [0.25, 0.3) is 5.91 Å². The molecule has 2 aromatic heterocycles. The van der Waals surface area contributed by atoms with Crippen molar-refractivity contribution >= 4 is 11.4 Å². The molecule has 0 radical (unpaired) electrons. The molecule has 1 aliphatic heterocycles. The molecule has 1 saturated carbocycles. The van der Waals surface area contributed by atoms with Crippen molar-refractivity contribution in [1.29, 1.82) is 0 Å². The summed E-state index contributed by atoms with van der Waals surface area (Å²) >= 11 is 0. The first kappa shape index (κ1) is 15.6. The number of benzene rings is 1. The fraction of sp³-hybridized carbons (Fsp3) is 0.333. The number of hydrogen-bond acceptors (Lipinski definition) is 3. The number of carbonyl (C=O) groups excluding carboxylic acids is 1. The average molecular weight is 347 g/mol. The number of pyridine rings is 1. The van der Waals surface area contributed by atoms with Gasteiger partial charge in [-0.25, -0.2) is 4.52 Å². The van der Waals surface area contributed by atoms with Gasteiger partial charge in [0.05, 0.1) is 18.2 Å². The Labute approximate surface area is 152 Å². The number of ether oxygens (including phenoxy) is 1. The van der Waals surface area contributed by atoms with E-state index < -0.39 is 0 Å². The molecule has 26 heavy (non-hydrogen) atoms. The first-order chi connectivity index (χ1) is 12.8. The summed E-state index contributed by atoms with van der Waals surface area (Å²) in [5.41, 5.74) is 2.78. The van der Waals surface area contributed by atoms with E-state index in [9.17, 15) is 4.79 Å². The molecule has 0 spiro atoms. The van der Waals surface area contributed by atoms with Crippen molar-refractivity contribution in [2.24, 2.45) is 5.92 Å². The summed E-state index contributed by atoms with van der Waals surface area (Å²) in [6, 6.07) is 15.9.